The molecule has 3 N–H and O–H groups in total. The van der Waals surface area contributed by atoms with Gasteiger partial charge in [0.15, 0.2) is 23.0 Å². The van der Waals surface area contributed by atoms with Crippen LogP contribution in [0.15, 0.2) is 60.8 Å². The van der Waals surface area contributed by atoms with E-state index in [1.807, 2.05) is 0 Å². The van der Waals surface area contributed by atoms with Gasteiger partial charge in [0.1, 0.15) is 5.76 Å². The van der Waals surface area contributed by atoms with Crippen molar-refractivity contribution in [2.24, 2.45) is 0 Å². The molecule has 3 aromatic heterocycles. The van der Waals surface area contributed by atoms with Gasteiger partial charge in [-0.2, -0.15) is 4.98 Å². The fraction of sp³-hybridized carbons (Fsp3) is 0.250. The zero-order chi connectivity index (χ0) is 24.9. The first-order valence-corrected chi connectivity index (χ1v) is 10.7. The number of ether oxygens (including phenoxy) is 1. The Morgan fingerprint density at radius 3 is 2.80 bits per heavy atom. The van der Waals surface area contributed by atoms with E-state index in [-0.39, 0.29) is 48.3 Å². The second-order valence-electron chi connectivity index (χ2n) is 7.71. The molecule has 1 atom stereocenters. The zero-order valence-corrected chi connectivity index (χ0v) is 19.0. The lowest BCUT2D eigenvalue weighted by atomic mass is 9.91. The van der Waals surface area contributed by atoms with Gasteiger partial charge < -0.3 is 33.6 Å². The van der Waals surface area contributed by atoms with Crippen LogP contribution in [-0.2, 0) is 11.2 Å². The van der Waals surface area contributed by atoms with Gasteiger partial charge >= 0.3 is 0 Å². The molecule has 11 nitrogen and oxygen atoms in total. The topological polar surface area (TPSA) is 161 Å². The molecule has 1 amide bonds. The number of aromatic hydroxyl groups is 2. The van der Waals surface area contributed by atoms with Crippen LogP contribution < -0.4 is 15.5 Å². The smallest absolute Gasteiger partial charge is 0.238 e. The molecule has 4 aromatic rings. The summed E-state index contributed by atoms with van der Waals surface area (Å²) < 4.78 is 21.2. The Bertz CT molecular complexity index is 1370. The average Bonchev–Trinajstić information content (AvgIpc) is 3.53. The fourth-order valence-electron chi connectivity index (χ4n) is 3.56. The molecule has 0 saturated carbocycles. The number of carbonyl (C=O) groups excluding carboxylic acids is 1. The second kappa shape index (κ2) is 10.2. The number of furan rings is 1. The minimum Gasteiger partial charge on any atom is -0.504 e. The minimum absolute atomic E-state index is 0.0575. The van der Waals surface area contributed by atoms with Gasteiger partial charge in [0.2, 0.25) is 28.8 Å². The number of nitrogens with one attached hydrogen (secondary N) is 1. The number of phenolic OH excluding ortho intramolecular Hbond substituents is 1. The maximum absolute atomic E-state index is 12.8. The van der Waals surface area contributed by atoms with Crippen LogP contribution in [0.1, 0.15) is 35.3 Å². The highest BCUT2D eigenvalue weighted by Gasteiger charge is 2.26. The van der Waals surface area contributed by atoms with E-state index in [2.05, 4.69) is 15.5 Å². The molecule has 4 rings (SSSR count). The molecule has 0 spiro atoms. The summed E-state index contributed by atoms with van der Waals surface area (Å²) in [5, 5.41) is 26.9. The summed E-state index contributed by atoms with van der Waals surface area (Å²) in [5.41, 5.74) is -0.123. The number of nitrogens with zero attached hydrogens (tertiary/aromatic N) is 2. The molecule has 182 valence electrons. The van der Waals surface area contributed by atoms with Gasteiger partial charge in [0.05, 0.1) is 19.3 Å². The van der Waals surface area contributed by atoms with Crippen molar-refractivity contribution in [3.8, 4) is 28.8 Å². The Hall–Kier alpha value is -4.54. The molecule has 0 saturated heterocycles. The largest absolute Gasteiger partial charge is 0.504 e. The lowest BCUT2D eigenvalue weighted by Crippen LogP contribution is -2.27. The molecule has 11 heteroatoms. The van der Waals surface area contributed by atoms with Crippen LogP contribution in [0.5, 0.6) is 17.2 Å². The van der Waals surface area contributed by atoms with E-state index in [9.17, 15) is 19.8 Å². The Morgan fingerprint density at radius 1 is 1.23 bits per heavy atom. The minimum atomic E-state index is -0.828. The number of carbonyl (C=O) groups is 1. The van der Waals surface area contributed by atoms with E-state index in [1.165, 1.54) is 25.5 Å². The third kappa shape index (κ3) is 5.35. The number of hydrogen-bond donors (Lipinski definition) is 3. The third-order valence-electron chi connectivity index (χ3n) is 5.25. The summed E-state index contributed by atoms with van der Waals surface area (Å²) in [4.78, 5) is 29.2. The van der Waals surface area contributed by atoms with E-state index in [4.69, 9.17) is 18.1 Å². The highest BCUT2D eigenvalue weighted by molar-refractivity contribution is 5.77. The van der Waals surface area contributed by atoms with Crippen molar-refractivity contribution in [3.05, 3.63) is 75.9 Å². The van der Waals surface area contributed by atoms with Crippen LogP contribution in [0.4, 0.5) is 0 Å². The summed E-state index contributed by atoms with van der Waals surface area (Å²) in [6, 6.07) is 9.05. The molecule has 0 aliphatic heterocycles. The number of benzene rings is 1. The standard InChI is InChI=1S/C24H23N3O8/c1-13-10-17(29)22(31)23(34-13)15(14-5-6-16(28)19(11-14)32-2)12-20(30)25-8-7-21-26-24(27-35-21)18-4-3-9-33-18/h3-6,9-11,15,28,31H,7-8,12H2,1-2H3,(H,25,30). The molecular weight excluding hydrogens is 458 g/mol. The molecular formula is C24H23N3O8. The molecule has 0 radical (unpaired) electrons. The molecule has 35 heavy (non-hydrogen) atoms. The van der Waals surface area contributed by atoms with Crippen molar-refractivity contribution in [2.75, 3.05) is 13.7 Å². The predicted octanol–water partition coefficient (Wildman–Crippen LogP) is 2.89. The number of methoxy groups -OCH3 is 1. The predicted molar refractivity (Wildman–Crippen MR) is 121 cm³/mol. The van der Waals surface area contributed by atoms with Gasteiger partial charge in [0, 0.05) is 25.5 Å². The van der Waals surface area contributed by atoms with Crippen molar-refractivity contribution in [2.45, 2.75) is 25.7 Å². The highest BCUT2D eigenvalue weighted by Crippen LogP contribution is 2.37. The average molecular weight is 481 g/mol. The summed E-state index contributed by atoms with van der Waals surface area (Å²) in [6.07, 6.45) is 1.62. The van der Waals surface area contributed by atoms with E-state index in [1.54, 1.807) is 25.1 Å². The van der Waals surface area contributed by atoms with Crippen LogP contribution in [-0.4, -0.2) is 39.9 Å². The summed E-state index contributed by atoms with van der Waals surface area (Å²) in [7, 11) is 1.39. The number of aromatic nitrogens is 2. The van der Waals surface area contributed by atoms with Crippen molar-refractivity contribution in [1.29, 1.82) is 0 Å². The number of hydrogen-bond acceptors (Lipinski definition) is 10. The monoisotopic (exact) mass is 481 g/mol. The number of phenols is 1. The van der Waals surface area contributed by atoms with Crippen molar-refractivity contribution in [1.82, 2.24) is 15.5 Å². The zero-order valence-electron chi connectivity index (χ0n) is 19.0. The normalized spacial score (nSPS) is 11.8. The molecule has 0 aliphatic carbocycles. The lowest BCUT2D eigenvalue weighted by molar-refractivity contribution is -0.121. The fourth-order valence-corrected chi connectivity index (χ4v) is 3.56. The second-order valence-corrected chi connectivity index (χ2v) is 7.71. The van der Waals surface area contributed by atoms with E-state index >= 15 is 0 Å². The van der Waals surface area contributed by atoms with Gasteiger partial charge in [-0.3, -0.25) is 9.59 Å². The molecule has 0 aliphatic rings. The summed E-state index contributed by atoms with van der Waals surface area (Å²) >= 11 is 0. The Kier molecular flexibility index (Phi) is 6.86. The molecule has 3 heterocycles. The van der Waals surface area contributed by atoms with Gasteiger partial charge in [-0.05, 0) is 36.8 Å². The molecule has 0 bridgehead atoms. The number of amides is 1. The van der Waals surface area contributed by atoms with Crippen LogP contribution >= 0.6 is 0 Å². The highest BCUT2D eigenvalue weighted by atomic mass is 16.5. The molecule has 1 unspecified atom stereocenters. The van der Waals surface area contributed by atoms with E-state index in [0.717, 1.165) is 6.07 Å². The number of rotatable bonds is 9. The first-order chi connectivity index (χ1) is 16.9. The molecule has 0 fully saturated rings. The van der Waals surface area contributed by atoms with Crippen LogP contribution in [0.3, 0.4) is 0 Å². The third-order valence-corrected chi connectivity index (χ3v) is 5.25. The van der Waals surface area contributed by atoms with Gasteiger partial charge in [-0.1, -0.05) is 11.2 Å². The van der Waals surface area contributed by atoms with Gasteiger partial charge in [-0.15, -0.1) is 0 Å². The van der Waals surface area contributed by atoms with Crippen LogP contribution in [0, 0.1) is 6.92 Å². The van der Waals surface area contributed by atoms with Gasteiger partial charge in [-0.25, -0.2) is 0 Å². The lowest BCUT2D eigenvalue weighted by Gasteiger charge is -2.18. The Labute approximate surface area is 199 Å². The van der Waals surface area contributed by atoms with E-state index < -0.39 is 17.1 Å². The maximum atomic E-state index is 12.8. The Balaban J connectivity index is 1.50. The SMILES string of the molecule is COc1cc(C(CC(=O)NCCc2nc(-c3ccco3)no2)c2oc(C)cc(=O)c2O)ccc1O. The van der Waals surface area contributed by atoms with Crippen LogP contribution in [0.25, 0.3) is 11.6 Å². The van der Waals surface area contributed by atoms with Gasteiger partial charge in [0.25, 0.3) is 0 Å². The van der Waals surface area contributed by atoms with Crippen molar-refractivity contribution < 1.29 is 33.1 Å². The molecule has 1 aromatic carbocycles. The van der Waals surface area contributed by atoms with Crippen LogP contribution in [0.2, 0.25) is 0 Å². The van der Waals surface area contributed by atoms with E-state index in [0.29, 0.717) is 23.0 Å². The Morgan fingerprint density at radius 2 is 2.06 bits per heavy atom. The number of aryl methyl sites for hydroxylation is 1. The summed E-state index contributed by atoms with van der Waals surface area (Å²) in [6.45, 7) is 1.77. The van der Waals surface area contributed by atoms with Crippen molar-refractivity contribution in [3.63, 3.8) is 0 Å². The van der Waals surface area contributed by atoms with Crippen molar-refractivity contribution >= 4 is 5.91 Å². The first kappa shape index (κ1) is 23.6. The maximum Gasteiger partial charge on any atom is 0.238 e. The summed E-state index contributed by atoms with van der Waals surface area (Å²) in [5.74, 6) is -0.397. The first-order valence-electron chi connectivity index (χ1n) is 10.7. The quantitative estimate of drug-likeness (QED) is 0.324.